The summed E-state index contributed by atoms with van der Waals surface area (Å²) in [6.07, 6.45) is 1.99. The Balaban J connectivity index is 1.88. The van der Waals surface area contributed by atoms with Crippen LogP contribution in [0.2, 0.25) is 0 Å². The summed E-state index contributed by atoms with van der Waals surface area (Å²) < 4.78 is 12.3. The predicted octanol–water partition coefficient (Wildman–Crippen LogP) is 8.41. The maximum Gasteiger partial charge on any atom is 0.417 e. The first-order valence-electron chi connectivity index (χ1n) is 14.0. The van der Waals surface area contributed by atoms with Gasteiger partial charge in [0.1, 0.15) is 6.61 Å². The summed E-state index contributed by atoms with van der Waals surface area (Å²) in [4.78, 5) is 27.5. The molecule has 0 aliphatic carbocycles. The van der Waals surface area contributed by atoms with Gasteiger partial charge in [-0.2, -0.15) is 0 Å². The van der Waals surface area contributed by atoms with Crippen LogP contribution < -0.4 is 0 Å². The highest BCUT2D eigenvalue weighted by atomic mass is 16.6. The number of hydrogen-bond donors (Lipinski definition) is 0. The lowest BCUT2D eigenvalue weighted by Crippen LogP contribution is -2.42. The summed E-state index contributed by atoms with van der Waals surface area (Å²) in [6, 6.07) is 13.7. The van der Waals surface area contributed by atoms with E-state index in [0.29, 0.717) is 30.6 Å². The van der Waals surface area contributed by atoms with Crippen LogP contribution in [-0.4, -0.2) is 29.0 Å². The Morgan fingerprint density at radius 2 is 1.61 bits per heavy atom. The van der Waals surface area contributed by atoms with Crippen LogP contribution in [0.4, 0.5) is 4.79 Å². The van der Waals surface area contributed by atoms with Crippen molar-refractivity contribution < 1.29 is 19.1 Å². The third-order valence-electron chi connectivity index (χ3n) is 7.44. The third-order valence-corrected chi connectivity index (χ3v) is 7.44. The predicted molar refractivity (Wildman–Crippen MR) is 153 cm³/mol. The summed E-state index contributed by atoms with van der Waals surface area (Å²) in [7, 11) is 0. The lowest BCUT2D eigenvalue weighted by atomic mass is 9.82. The van der Waals surface area contributed by atoms with E-state index in [0.717, 1.165) is 5.56 Å². The van der Waals surface area contributed by atoms with Crippen LogP contribution in [0.5, 0.6) is 0 Å². The minimum absolute atomic E-state index is 0.122. The highest BCUT2D eigenvalue weighted by Crippen LogP contribution is 2.39. The van der Waals surface area contributed by atoms with Crippen molar-refractivity contribution in [1.82, 2.24) is 4.90 Å². The lowest BCUT2D eigenvalue weighted by molar-refractivity contribution is -0.127. The van der Waals surface area contributed by atoms with E-state index in [1.807, 2.05) is 36.4 Å². The van der Waals surface area contributed by atoms with Crippen LogP contribution in [0, 0.1) is 0 Å². The number of rotatable bonds is 11. The lowest BCUT2D eigenvalue weighted by Gasteiger charge is -2.31. The Hall–Kier alpha value is -2.92. The standard InChI is InChI=1S/C33H45NO4/c1-9-10-16-29-30(19-31(35)34(29)33(36)37-20-25-14-12-11-13-15-25)38-24(8)32-27(22(4)5)17-26(21(2)3)18-28(32)23(6)7/h9,11-15,17-18,21-24,29-30H,1,10,16,19-20H2,2-8H3/t24-,29+,30+/m1/s1. The molecular formula is C33H45NO4. The fourth-order valence-corrected chi connectivity index (χ4v) is 5.34. The van der Waals surface area contributed by atoms with Gasteiger partial charge in [-0.3, -0.25) is 4.79 Å². The van der Waals surface area contributed by atoms with E-state index in [-0.39, 0.29) is 25.0 Å². The van der Waals surface area contributed by atoms with Gasteiger partial charge in [0.05, 0.1) is 24.7 Å². The van der Waals surface area contributed by atoms with Gasteiger partial charge in [0.15, 0.2) is 0 Å². The number of imide groups is 1. The van der Waals surface area contributed by atoms with Gasteiger partial charge in [0.25, 0.3) is 0 Å². The second kappa shape index (κ2) is 13.2. The average molecular weight is 520 g/mol. The van der Waals surface area contributed by atoms with E-state index in [9.17, 15) is 9.59 Å². The molecule has 38 heavy (non-hydrogen) atoms. The Bertz CT molecular complexity index is 1080. The number of likely N-dealkylation sites (tertiary alicyclic amines) is 1. The van der Waals surface area contributed by atoms with Gasteiger partial charge in [-0.25, -0.2) is 9.69 Å². The zero-order chi connectivity index (χ0) is 28.0. The smallest absolute Gasteiger partial charge is 0.417 e. The van der Waals surface area contributed by atoms with Crippen LogP contribution in [-0.2, 0) is 20.9 Å². The molecular weight excluding hydrogens is 474 g/mol. The van der Waals surface area contributed by atoms with Crippen molar-refractivity contribution >= 4 is 12.0 Å². The quantitative estimate of drug-likeness (QED) is 0.280. The van der Waals surface area contributed by atoms with Crippen molar-refractivity contribution in [2.24, 2.45) is 0 Å². The molecule has 0 N–H and O–H groups in total. The van der Waals surface area contributed by atoms with E-state index in [1.165, 1.54) is 27.2 Å². The maximum atomic E-state index is 13.1. The van der Waals surface area contributed by atoms with Crippen LogP contribution in [0.25, 0.3) is 0 Å². The Kier molecular flexibility index (Phi) is 10.3. The topological polar surface area (TPSA) is 55.8 Å². The van der Waals surface area contributed by atoms with Crippen LogP contribution in [0.3, 0.4) is 0 Å². The van der Waals surface area contributed by atoms with Gasteiger partial charge < -0.3 is 9.47 Å². The van der Waals surface area contributed by atoms with E-state index < -0.39 is 18.2 Å². The zero-order valence-electron chi connectivity index (χ0n) is 24.2. The second-order valence-corrected chi connectivity index (χ2v) is 11.3. The molecule has 2 aromatic carbocycles. The van der Waals surface area contributed by atoms with E-state index >= 15 is 0 Å². The van der Waals surface area contributed by atoms with Gasteiger partial charge in [-0.15, -0.1) is 6.58 Å². The number of ether oxygens (including phenoxy) is 2. The fraction of sp³-hybridized carbons (Fsp3) is 0.515. The Labute approximate surface area is 229 Å². The normalized spacial score (nSPS) is 18.5. The highest BCUT2D eigenvalue weighted by molar-refractivity contribution is 5.94. The number of carbonyl (C=O) groups is 2. The van der Waals surface area contributed by atoms with Crippen molar-refractivity contribution in [3.8, 4) is 0 Å². The zero-order valence-corrected chi connectivity index (χ0v) is 24.2. The summed E-state index contributed by atoms with van der Waals surface area (Å²) in [5.41, 5.74) is 6.00. The number of allylic oxidation sites excluding steroid dienone is 1. The first kappa shape index (κ1) is 29.6. The third kappa shape index (κ3) is 6.93. The molecule has 0 spiro atoms. The minimum atomic E-state index is -0.612. The van der Waals surface area contributed by atoms with Crippen molar-refractivity contribution in [3.63, 3.8) is 0 Å². The summed E-state index contributed by atoms with van der Waals surface area (Å²) >= 11 is 0. The Morgan fingerprint density at radius 1 is 1.00 bits per heavy atom. The molecule has 1 saturated heterocycles. The van der Waals surface area contributed by atoms with E-state index in [2.05, 4.69) is 67.2 Å². The number of hydrogen-bond acceptors (Lipinski definition) is 4. The van der Waals surface area contributed by atoms with Gasteiger partial charge >= 0.3 is 6.09 Å². The van der Waals surface area contributed by atoms with Gasteiger partial charge in [0.2, 0.25) is 5.91 Å². The first-order chi connectivity index (χ1) is 18.0. The molecule has 0 saturated carbocycles. The molecule has 2 amide bonds. The molecule has 3 atom stereocenters. The molecule has 206 valence electrons. The van der Waals surface area contributed by atoms with Gasteiger partial charge in [0, 0.05) is 0 Å². The monoisotopic (exact) mass is 519 g/mol. The van der Waals surface area contributed by atoms with Gasteiger partial charge in [-0.1, -0.05) is 90.1 Å². The van der Waals surface area contributed by atoms with E-state index in [1.54, 1.807) is 0 Å². The fourth-order valence-electron chi connectivity index (χ4n) is 5.34. The molecule has 1 fully saturated rings. The highest BCUT2D eigenvalue weighted by Gasteiger charge is 2.45. The molecule has 1 aliphatic rings. The molecule has 0 unspecified atom stereocenters. The number of nitrogens with zero attached hydrogens (tertiary/aromatic N) is 1. The molecule has 0 aromatic heterocycles. The summed E-state index contributed by atoms with van der Waals surface area (Å²) in [5.74, 6) is 0.844. The molecule has 5 nitrogen and oxygen atoms in total. The SMILES string of the molecule is C=CCC[C@H]1[C@@H](O[C@H](C)c2c(C(C)C)cc(C(C)C)cc2C(C)C)CC(=O)N1C(=O)OCc1ccccc1. The van der Waals surface area contributed by atoms with E-state index in [4.69, 9.17) is 9.47 Å². The molecule has 1 aliphatic heterocycles. The van der Waals surface area contributed by atoms with Crippen molar-refractivity contribution in [1.29, 1.82) is 0 Å². The van der Waals surface area contributed by atoms with Crippen LogP contribution >= 0.6 is 0 Å². The largest absolute Gasteiger partial charge is 0.444 e. The average Bonchev–Trinajstić information content (AvgIpc) is 3.19. The number of benzene rings is 2. The summed E-state index contributed by atoms with van der Waals surface area (Å²) in [5, 5.41) is 0. The first-order valence-corrected chi connectivity index (χ1v) is 14.0. The molecule has 0 bridgehead atoms. The molecule has 3 rings (SSSR count). The maximum absolute atomic E-state index is 13.1. The van der Waals surface area contributed by atoms with Crippen molar-refractivity contribution in [2.45, 2.75) is 110 Å². The molecule has 5 heteroatoms. The number of amides is 2. The number of carbonyl (C=O) groups excluding carboxylic acids is 2. The Morgan fingerprint density at radius 3 is 2.13 bits per heavy atom. The summed E-state index contributed by atoms with van der Waals surface area (Å²) in [6.45, 7) is 19.4. The molecule has 2 aromatic rings. The molecule has 0 radical (unpaired) electrons. The van der Waals surface area contributed by atoms with Crippen LogP contribution in [0.15, 0.2) is 55.1 Å². The van der Waals surface area contributed by atoms with Crippen molar-refractivity contribution in [3.05, 3.63) is 82.9 Å². The van der Waals surface area contributed by atoms with Crippen molar-refractivity contribution in [2.75, 3.05) is 0 Å². The molecule has 1 heterocycles. The van der Waals surface area contributed by atoms with Crippen LogP contribution in [0.1, 0.15) is 119 Å². The second-order valence-electron chi connectivity index (χ2n) is 11.3. The van der Waals surface area contributed by atoms with Gasteiger partial charge in [-0.05, 0) is 65.3 Å². The minimum Gasteiger partial charge on any atom is -0.444 e.